The number of para-hydroxylation sites is 2. The van der Waals surface area contributed by atoms with E-state index in [0.717, 1.165) is 30.1 Å². The number of fused-ring (bicyclic) bond motifs is 1. The van der Waals surface area contributed by atoms with E-state index in [-0.39, 0.29) is 11.4 Å². The van der Waals surface area contributed by atoms with E-state index in [0.29, 0.717) is 24.5 Å². The molecular formula is C23H29N5O2. The molecule has 4 rings (SSSR count). The number of aromatic nitrogens is 1. The molecule has 3 heterocycles. The van der Waals surface area contributed by atoms with Gasteiger partial charge in [0.2, 0.25) is 5.88 Å². The van der Waals surface area contributed by atoms with E-state index in [1.807, 2.05) is 23.1 Å². The molecule has 0 saturated carbocycles. The number of pyridine rings is 1. The number of hydrogen-bond acceptors (Lipinski definition) is 5. The van der Waals surface area contributed by atoms with Crippen molar-refractivity contribution in [3.05, 3.63) is 48.2 Å². The molecule has 1 fully saturated rings. The van der Waals surface area contributed by atoms with Crippen LogP contribution < -0.4 is 15.4 Å². The van der Waals surface area contributed by atoms with Crippen LogP contribution in [0.25, 0.3) is 0 Å². The van der Waals surface area contributed by atoms with Gasteiger partial charge in [-0.05, 0) is 51.8 Å². The summed E-state index contributed by atoms with van der Waals surface area (Å²) in [6.07, 6.45) is 3.36. The highest BCUT2D eigenvalue weighted by Crippen LogP contribution is 2.37. The number of benzene rings is 1. The number of amides is 1. The molecule has 1 saturated heterocycles. The number of likely N-dealkylation sites (tertiary alicyclic amines) is 1. The Morgan fingerprint density at radius 3 is 2.63 bits per heavy atom. The third kappa shape index (κ3) is 3.97. The zero-order valence-corrected chi connectivity index (χ0v) is 18.0. The van der Waals surface area contributed by atoms with Crippen LogP contribution in [0.3, 0.4) is 0 Å². The molecule has 0 aliphatic carbocycles. The van der Waals surface area contributed by atoms with Crippen LogP contribution in [0.2, 0.25) is 0 Å². The Morgan fingerprint density at radius 2 is 1.97 bits per heavy atom. The maximum atomic E-state index is 13.2. The minimum absolute atomic E-state index is 0.0278. The van der Waals surface area contributed by atoms with Crippen molar-refractivity contribution in [1.82, 2.24) is 9.88 Å². The van der Waals surface area contributed by atoms with Gasteiger partial charge in [0, 0.05) is 18.8 Å². The number of nitrogens with zero attached hydrogens (tertiary/aromatic N) is 3. The van der Waals surface area contributed by atoms with E-state index in [1.54, 1.807) is 25.4 Å². The second kappa shape index (κ2) is 7.63. The summed E-state index contributed by atoms with van der Waals surface area (Å²) in [4.78, 5) is 24.3. The fraction of sp³-hybridized carbons (Fsp3) is 0.435. The van der Waals surface area contributed by atoms with Gasteiger partial charge in [0.05, 0.1) is 36.1 Å². The molecule has 7 nitrogen and oxygen atoms in total. The van der Waals surface area contributed by atoms with Crippen LogP contribution in [0.4, 0.5) is 11.4 Å². The molecule has 1 amide bonds. The number of hydrogen-bond donors (Lipinski definition) is 2. The molecule has 0 radical (unpaired) electrons. The number of piperidine rings is 1. The Balaban J connectivity index is 1.66. The van der Waals surface area contributed by atoms with Gasteiger partial charge in [-0.1, -0.05) is 12.1 Å². The highest BCUT2D eigenvalue weighted by atomic mass is 16.5. The van der Waals surface area contributed by atoms with Crippen LogP contribution in [-0.4, -0.2) is 52.9 Å². The third-order valence-corrected chi connectivity index (χ3v) is 5.43. The van der Waals surface area contributed by atoms with Crippen LogP contribution in [0.5, 0.6) is 5.88 Å². The monoisotopic (exact) mass is 407 g/mol. The summed E-state index contributed by atoms with van der Waals surface area (Å²) < 4.78 is 5.11. The van der Waals surface area contributed by atoms with E-state index >= 15 is 0 Å². The minimum Gasteiger partial charge on any atom is -0.481 e. The second-order valence-electron chi connectivity index (χ2n) is 8.93. The van der Waals surface area contributed by atoms with Crippen molar-refractivity contribution in [2.45, 2.75) is 44.7 Å². The number of ether oxygens (including phenoxy) is 1. The lowest BCUT2D eigenvalue weighted by Crippen LogP contribution is -2.63. The SMILES string of the molecule is COc1ccc(C(=O)N2CCC[C@@]3(C2)Nc2ccccc2NC3=NC(C)(C)C)cn1. The summed E-state index contributed by atoms with van der Waals surface area (Å²) in [5, 5.41) is 7.27. The summed E-state index contributed by atoms with van der Waals surface area (Å²) in [5.41, 5.74) is 1.91. The van der Waals surface area contributed by atoms with Gasteiger partial charge in [-0.3, -0.25) is 9.79 Å². The zero-order valence-electron chi connectivity index (χ0n) is 18.0. The Kier molecular flexibility index (Phi) is 5.13. The highest BCUT2D eigenvalue weighted by Gasteiger charge is 2.45. The number of carbonyl (C=O) groups is 1. The van der Waals surface area contributed by atoms with E-state index in [2.05, 4.69) is 42.5 Å². The molecule has 2 aromatic rings. The van der Waals surface area contributed by atoms with Gasteiger partial charge in [-0.15, -0.1) is 0 Å². The number of anilines is 2. The lowest BCUT2D eigenvalue weighted by atomic mass is 9.84. The Labute approximate surface area is 177 Å². The van der Waals surface area contributed by atoms with Crippen LogP contribution in [0.1, 0.15) is 44.0 Å². The first-order chi connectivity index (χ1) is 14.3. The van der Waals surface area contributed by atoms with Gasteiger partial charge in [0.25, 0.3) is 5.91 Å². The molecule has 158 valence electrons. The van der Waals surface area contributed by atoms with Gasteiger partial charge < -0.3 is 20.3 Å². The Morgan fingerprint density at radius 1 is 1.20 bits per heavy atom. The van der Waals surface area contributed by atoms with Gasteiger partial charge in [0.15, 0.2) is 0 Å². The zero-order chi connectivity index (χ0) is 21.4. The van der Waals surface area contributed by atoms with E-state index in [9.17, 15) is 4.79 Å². The van der Waals surface area contributed by atoms with E-state index in [4.69, 9.17) is 9.73 Å². The fourth-order valence-corrected chi connectivity index (χ4v) is 4.07. The van der Waals surface area contributed by atoms with Crippen LogP contribution in [-0.2, 0) is 0 Å². The van der Waals surface area contributed by atoms with Crippen molar-refractivity contribution in [2.75, 3.05) is 30.8 Å². The summed E-state index contributed by atoms with van der Waals surface area (Å²) in [6.45, 7) is 7.51. The predicted octanol–water partition coefficient (Wildman–Crippen LogP) is 3.80. The number of nitrogens with one attached hydrogen (secondary N) is 2. The maximum Gasteiger partial charge on any atom is 0.255 e. The first-order valence-corrected chi connectivity index (χ1v) is 10.3. The van der Waals surface area contributed by atoms with Crippen molar-refractivity contribution < 1.29 is 9.53 Å². The minimum atomic E-state index is -0.449. The molecular weight excluding hydrogens is 378 g/mol. The first kappa shape index (κ1) is 20.2. The molecule has 30 heavy (non-hydrogen) atoms. The summed E-state index contributed by atoms with van der Waals surface area (Å²) >= 11 is 0. The summed E-state index contributed by atoms with van der Waals surface area (Å²) in [7, 11) is 1.56. The molecule has 0 unspecified atom stereocenters. The second-order valence-corrected chi connectivity index (χ2v) is 8.93. The molecule has 1 aromatic carbocycles. The third-order valence-electron chi connectivity index (χ3n) is 5.43. The fourth-order valence-electron chi connectivity index (χ4n) is 4.07. The van der Waals surface area contributed by atoms with Gasteiger partial charge in [-0.25, -0.2) is 4.98 Å². The van der Waals surface area contributed by atoms with Gasteiger partial charge >= 0.3 is 0 Å². The van der Waals surface area contributed by atoms with Crippen molar-refractivity contribution >= 4 is 23.1 Å². The predicted molar refractivity (Wildman–Crippen MR) is 120 cm³/mol. The van der Waals surface area contributed by atoms with Gasteiger partial charge in [-0.2, -0.15) is 0 Å². The lowest BCUT2D eigenvalue weighted by Gasteiger charge is -2.47. The average Bonchev–Trinajstić information content (AvgIpc) is 2.73. The lowest BCUT2D eigenvalue weighted by molar-refractivity contribution is 0.0694. The molecule has 2 aliphatic heterocycles. The molecule has 7 heteroatoms. The van der Waals surface area contributed by atoms with Gasteiger partial charge in [0.1, 0.15) is 11.4 Å². The number of methoxy groups -OCH3 is 1. The number of amidine groups is 1. The highest BCUT2D eigenvalue weighted by molar-refractivity contribution is 6.10. The van der Waals surface area contributed by atoms with Crippen LogP contribution >= 0.6 is 0 Å². The molecule has 0 bridgehead atoms. The van der Waals surface area contributed by atoms with Crippen LogP contribution in [0.15, 0.2) is 47.6 Å². The number of carbonyl (C=O) groups excluding carboxylic acids is 1. The molecule has 1 aromatic heterocycles. The molecule has 2 N–H and O–H groups in total. The number of aliphatic imine (C=N–C) groups is 1. The standard InChI is InChI=1S/C23H29N5O2/c1-22(2,3)27-21-23(26-18-9-6-5-8-17(18)25-21)12-7-13-28(15-23)20(29)16-10-11-19(30-4)24-14-16/h5-6,8-11,14,26H,7,12-13,15H2,1-4H3,(H,25,27)/t23-/m0/s1. The normalized spacial score (nSPS) is 22.3. The molecule has 1 atom stereocenters. The van der Waals surface area contributed by atoms with Crippen molar-refractivity contribution in [3.8, 4) is 5.88 Å². The molecule has 1 spiro atoms. The van der Waals surface area contributed by atoms with Crippen LogP contribution in [0, 0.1) is 0 Å². The summed E-state index contributed by atoms with van der Waals surface area (Å²) in [5.74, 6) is 1.36. The maximum absolute atomic E-state index is 13.2. The average molecular weight is 408 g/mol. The van der Waals surface area contributed by atoms with E-state index in [1.165, 1.54) is 0 Å². The smallest absolute Gasteiger partial charge is 0.255 e. The Bertz CT molecular complexity index is 964. The summed E-state index contributed by atoms with van der Waals surface area (Å²) in [6, 6.07) is 11.6. The van der Waals surface area contributed by atoms with Crippen molar-refractivity contribution in [1.29, 1.82) is 0 Å². The van der Waals surface area contributed by atoms with Crippen molar-refractivity contribution in [2.24, 2.45) is 4.99 Å². The molecule has 2 aliphatic rings. The quantitative estimate of drug-likeness (QED) is 0.792. The largest absolute Gasteiger partial charge is 0.481 e. The topological polar surface area (TPSA) is 78.9 Å². The Hall–Kier alpha value is -3.09. The first-order valence-electron chi connectivity index (χ1n) is 10.3. The number of rotatable bonds is 2. The van der Waals surface area contributed by atoms with Crippen molar-refractivity contribution in [3.63, 3.8) is 0 Å². The van der Waals surface area contributed by atoms with E-state index < -0.39 is 5.54 Å².